The molecule has 9 heteroatoms. The summed E-state index contributed by atoms with van der Waals surface area (Å²) in [6, 6.07) is 11.0. The van der Waals surface area contributed by atoms with Crippen LogP contribution < -0.4 is 21.7 Å². The third-order valence-electron chi connectivity index (χ3n) is 3.90. The van der Waals surface area contributed by atoms with Crippen LogP contribution in [-0.4, -0.2) is 16.4 Å². The van der Waals surface area contributed by atoms with Crippen LogP contribution in [-0.2, 0) is 11.3 Å². The first-order valence-corrected chi connectivity index (χ1v) is 8.47. The molecule has 0 atom stereocenters. The molecule has 0 fully saturated rings. The average Bonchev–Trinajstić information content (AvgIpc) is 2.96. The summed E-state index contributed by atoms with van der Waals surface area (Å²) in [5.74, 6) is -2.16. The highest BCUT2D eigenvalue weighted by molar-refractivity contribution is 6.33. The number of carboxylic acid groups (broad SMARTS) is 1. The molecule has 2 aromatic carbocycles. The van der Waals surface area contributed by atoms with Gasteiger partial charge in [0.2, 0.25) is 5.91 Å². The van der Waals surface area contributed by atoms with Crippen molar-refractivity contribution in [1.29, 1.82) is 0 Å². The Bertz CT molecular complexity index is 1060. The smallest absolute Gasteiger partial charge is 0.419 e. The van der Waals surface area contributed by atoms with Crippen molar-refractivity contribution in [1.82, 2.24) is 9.99 Å². The molecule has 0 spiro atoms. The molecule has 3 rings (SSSR count). The molecule has 8 nitrogen and oxygen atoms in total. The van der Waals surface area contributed by atoms with Crippen molar-refractivity contribution >= 4 is 40.3 Å². The standard InChI is InChI=1S/C18H16ClN3O5/c19-12-8-7-11(17(24)25)10-13(12)20-21-16(23)6-3-9-22-14-4-1-2-5-15(14)27-18(22)26/h1-2,4-5,7-8,10,20H,3,6,9H2,(H,21,23)(H,24,25)/p-1. The van der Waals surface area contributed by atoms with Gasteiger partial charge in [-0.3, -0.25) is 20.2 Å². The molecular formula is C18H15ClN3O5-. The predicted octanol–water partition coefficient (Wildman–Crippen LogP) is 1.53. The van der Waals surface area contributed by atoms with Gasteiger partial charge in [-0.15, -0.1) is 0 Å². The normalized spacial score (nSPS) is 10.7. The van der Waals surface area contributed by atoms with E-state index in [1.54, 1.807) is 24.3 Å². The van der Waals surface area contributed by atoms with E-state index in [0.717, 1.165) is 0 Å². The number of aromatic carboxylic acids is 1. The summed E-state index contributed by atoms with van der Waals surface area (Å²) in [6.45, 7) is 0.324. The summed E-state index contributed by atoms with van der Waals surface area (Å²) in [5.41, 5.74) is 6.37. The lowest BCUT2D eigenvalue weighted by Crippen LogP contribution is -2.30. The van der Waals surface area contributed by atoms with E-state index in [2.05, 4.69) is 10.9 Å². The summed E-state index contributed by atoms with van der Waals surface area (Å²) < 4.78 is 6.60. The van der Waals surface area contributed by atoms with Crippen LogP contribution in [0.15, 0.2) is 51.7 Å². The minimum Gasteiger partial charge on any atom is -0.545 e. The molecule has 0 unspecified atom stereocenters. The Hall–Kier alpha value is -3.26. The number of nitrogens with one attached hydrogen (secondary N) is 2. The summed E-state index contributed by atoms with van der Waals surface area (Å²) in [5, 5.41) is 11.1. The number of carboxylic acids is 1. The number of oxazole rings is 1. The number of benzene rings is 2. The van der Waals surface area contributed by atoms with Gasteiger partial charge in [0.15, 0.2) is 5.58 Å². The number of anilines is 1. The summed E-state index contributed by atoms with van der Waals surface area (Å²) in [6.07, 6.45) is 0.542. The SMILES string of the molecule is O=C(CCCn1c(=O)oc2ccccc21)NNc1cc(C(=O)[O-])ccc1Cl. The van der Waals surface area contributed by atoms with Crippen molar-refractivity contribution in [2.45, 2.75) is 19.4 Å². The number of hydrogen-bond acceptors (Lipinski definition) is 6. The zero-order valence-corrected chi connectivity index (χ0v) is 14.8. The van der Waals surface area contributed by atoms with Gasteiger partial charge in [0.1, 0.15) is 0 Å². The largest absolute Gasteiger partial charge is 0.545 e. The Kier molecular flexibility index (Phi) is 5.46. The van der Waals surface area contributed by atoms with Gasteiger partial charge in [0, 0.05) is 13.0 Å². The van der Waals surface area contributed by atoms with Crippen LogP contribution in [0.1, 0.15) is 23.2 Å². The highest BCUT2D eigenvalue weighted by atomic mass is 35.5. The van der Waals surface area contributed by atoms with E-state index in [1.807, 2.05) is 0 Å². The molecule has 2 N–H and O–H groups in total. The summed E-state index contributed by atoms with van der Waals surface area (Å²) in [4.78, 5) is 34.7. The van der Waals surface area contributed by atoms with Crippen LogP contribution in [0.3, 0.4) is 0 Å². The summed E-state index contributed by atoms with van der Waals surface area (Å²) >= 11 is 5.95. The number of aromatic nitrogens is 1. The molecule has 1 amide bonds. The average molecular weight is 389 g/mol. The number of hydrazine groups is 1. The number of fused-ring (bicyclic) bond motifs is 1. The number of para-hydroxylation sites is 2. The topological polar surface area (TPSA) is 116 Å². The lowest BCUT2D eigenvalue weighted by Gasteiger charge is -2.12. The minimum atomic E-state index is -1.35. The molecular weight excluding hydrogens is 374 g/mol. The van der Waals surface area contributed by atoms with Crippen molar-refractivity contribution in [2.75, 3.05) is 5.43 Å². The van der Waals surface area contributed by atoms with Crippen molar-refractivity contribution in [3.05, 3.63) is 63.6 Å². The van der Waals surface area contributed by atoms with Gasteiger partial charge >= 0.3 is 5.76 Å². The Morgan fingerprint density at radius 2 is 1.96 bits per heavy atom. The van der Waals surface area contributed by atoms with E-state index >= 15 is 0 Å². The molecule has 27 heavy (non-hydrogen) atoms. The van der Waals surface area contributed by atoms with Gasteiger partial charge in [0.25, 0.3) is 0 Å². The van der Waals surface area contributed by atoms with Crippen LogP contribution in [0.25, 0.3) is 11.1 Å². The number of rotatable bonds is 7. The minimum absolute atomic E-state index is 0.0673. The van der Waals surface area contributed by atoms with Crippen molar-refractivity contribution in [3.8, 4) is 0 Å². The molecule has 1 aromatic heterocycles. The fourth-order valence-corrected chi connectivity index (χ4v) is 2.74. The maximum absolute atomic E-state index is 12.0. The number of nitrogens with zero attached hydrogens (tertiary/aromatic N) is 1. The highest BCUT2D eigenvalue weighted by Crippen LogP contribution is 2.22. The van der Waals surface area contributed by atoms with Crippen LogP contribution in [0.4, 0.5) is 5.69 Å². The first-order valence-electron chi connectivity index (χ1n) is 8.10. The Labute approximate surface area is 158 Å². The number of halogens is 1. The molecule has 3 aromatic rings. The maximum Gasteiger partial charge on any atom is 0.419 e. The first-order chi connectivity index (χ1) is 13.0. The third kappa shape index (κ3) is 4.29. The molecule has 140 valence electrons. The Balaban J connectivity index is 1.54. The third-order valence-corrected chi connectivity index (χ3v) is 4.23. The Morgan fingerprint density at radius 1 is 1.19 bits per heavy atom. The molecule has 0 aliphatic heterocycles. The number of aryl methyl sites for hydroxylation is 1. The second-order valence-electron chi connectivity index (χ2n) is 5.75. The second kappa shape index (κ2) is 7.96. The lowest BCUT2D eigenvalue weighted by molar-refractivity contribution is -0.255. The highest BCUT2D eigenvalue weighted by Gasteiger charge is 2.10. The molecule has 0 aliphatic rings. The zero-order chi connectivity index (χ0) is 19.4. The Morgan fingerprint density at radius 3 is 2.74 bits per heavy atom. The predicted molar refractivity (Wildman–Crippen MR) is 97.3 cm³/mol. The van der Waals surface area contributed by atoms with E-state index in [1.165, 1.54) is 22.8 Å². The van der Waals surface area contributed by atoms with Gasteiger partial charge in [-0.2, -0.15) is 0 Å². The molecule has 0 bridgehead atoms. The van der Waals surface area contributed by atoms with Crippen LogP contribution in [0.2, 0.25) is 5.02 Å². The fraction of sp³-hybridized carbons (Fsp3) is 0.167. The fourth-order valence-electron chi connectivity index (χ4n) is 2.57. The van der Waals surface area contributed by atoms with E-state index in [0.29, 0.717) is 24.1 Å². The van der Waals surface area contributed by atoms with Gasteiger partial charge < -0.3 is 14.3 Å². The van der Waals surface area contributed by atoms with Crippen molar-refractivity contribution < 1.29 is 19.1 Å². The molecule has 0 aliphatic carbocycles. The number of amides is 1. The van der Waals surface area contributed by atoms with E-state index in [-0.39, 0.29) is 28.6 Å². The number of carbonyl (C=O) groups excluding carboxylic acids is 2. The maximum atomic E-state index is 12.0. The van der Waals surface area contributed by atoms with Crippen LogP contribution in [0, 0.1) is 0 Å². The molecule has 0 saturated carbocycles. The van der Waals surface area contributed by atoms with Crippen molar-refractivity contribution in [3.63, 3.8) is 0 Å². The molecule has 1 heterocycles. The number of hydrogen-bond donors (Lipinski definition) is 2. The second-order valence-corrected chi connectivity index (χ2v) is 6.15. The van der Waals surface area contributed by atoms with Crippen LogP contribution in [0.5, 0.6) is 0 Å². The van der Waals surface area contributed by atoms with E-state index in [9.17, 15) is 19.5 Å². The summed E-state index contributed by atoms with van der Waals surface area (Å²) in [7, 11) is 0. The molecule has 0 saturated heterocycles. The van der Waals surface area contributed by atoms with Gasteiger partial charge in [0.05, 0.1) is 22.2 Å². The first kappa shape index (κ1) is 18.5. The zero-order valence-electron chi connectivity index (χ0n) is 14.0. The van der Waals surface area contributed by atoms with E-state index < -0.39 is 11.7 Å². The van der Waals surface area contributed by atoms with Gasteiger partial charge in [-0.25, -0.2) is 4.79 Å². The van der Waals surface area contributed by atoms with Crippen molar-refractivity contribution in [2.24, 2.45) is 0 Å². The monoisotopic (exact) mass is 388 g/mol. The number of carbonyl (C=O) groups is 2. The van der Waals surface area contributed by atoms with Gasteiger partial charge in [-0.1, -0.05) is 29.8 Å². The van der Waals surface area contributed by atoms with Gasteiger partial charge in [-0.05, 0) is 36.2 Å². The quantitative estimate of drug-likeness (QED) is 0.593. The van der Waals surface area contributed by atoms with Crippen LogP contribution >= 0.6 is 11.6 Å². The van der Waals surface area contributed by atoms with E-state index in [4.69, 9.17) is 16.0 Å². The molecule has 0 radical (unpaired) electrons. The lowest BCUT2D eigenvalue weighted by atomic mass is 10.2.